The summed E-state index contributed by atoms with van der Waals surface area (Å²) in [4.78, 5) is 16.0. The Balaban J connectivity index is 1.71. The number of aryl methyl sites for hydroxylation is 2. The molecule has 1 aliphatic heterocycles. The van der Waals surface area contributed by atoms with Gasteiger partial charge in [-0.3, -0.25) is 0 Å². The molecule has 0 spiro atoms. The van der Waals surface area contributed by atoms with Gasteiger partial charge in [0.1, 0.15) is 11.9 Å². The number of nitrogens with one attached hydrogen (secondary N) is 1. The fraction of sp³-hybridized carbons (Fsp3) is 0.611. The molecule has 1 aromatic rings. The first-order valence-electron chi connectivity index (χ1n) is 8.30. The SMILES string of the molecule is Cc1cccc(C)c1OC1CN(C(=O)NCC[C@@H](C)N(C)C)C1. The van der Waals surface area contributed by atoms with E-state index in [1.54, 1.807) is 4.90 Å². The van der Waals surface area contributed by atoms with Crippen molar-refractivity contribution in [1.29, 1.82) is 0 Å². The molecule has 1 heterocycles. The quantitative estimate of drug-likeness (QED) is 0.876. The summed E-state index contributed by atoms with van der Waals surface area (Å²) in [5.41, 5.74) is 2.29. The summed E-state index contributed by atoms with van der Waals surface area (Å²) in [5.74, 6) is 0.956. The van der Waals surface area contributed by atoms with Crippen LogP contribution in [0.4, 0.5) is 4.79 Å². The molecule has 5 heteroatoms. The van der Waals surface area contributed by atoms with Gasteiger partial charge in [0.05, 0.1) is 13.1 Å². The second-order valence-electron chi connectivity index (χ2n) is 6.70. The lowest BCUT2D eigenvalue weighted by Gasteiger charge is -2.39. The Bertz CT molecular complexity index is 519. The van der Waals surface area contributed by atoms with Crippen molar-refractivity contribution in [2.75, 3.05) is 33.7 Å². The molecule has 0 unspecified atom stereocenters. The number of hydrogen-bond acceptors (Lipinski definition) is 3. The van der Waals surface area contributed by atoms with E-state index in [0.717, 1.165) is 23.3 Å². The first-order valence-corrected chi connectivity index (χ1v) is 8.30. The lowest BCUT2D eigenvalue weighted by atomic mass is 10.1. The number of para-hydroxylation sites is 1. The van der Waals surface area contributed by atoms with Crippen molar-refractivity contribution in [2.24, 2.45) is 0 Å². The maximum absolute atomic E-state index is 12.1. The molecule has 1 aliphatic rings. The number of likely N-dealkylation sites (tertiary alicyclic amines) is 1. The van der Waals surface area contributed by atoms with Crippen molar-refractivity contribution >= 4 is 6.03 Å². The van der Waals surface area contributed by atoms with E-state index < -0.39 is 0 Å². The summed E-state index contributed by atoms with van der Waals surface area (Å²) >= 11 is 0. The zero-order valence-electron chi connectivity index (χ0n) is 14.9. The van der Waals surface area contributed by atoms with Crippen LogP contribution in [-0.2, 0) is 0 Å². The minimum Gasteiger partial charge on any atom is -0.486 e. The maximum atomic E-state index is 12.1. The monoisotopic (exact) mass is 319 g/mol. The highest BCUT2D eigenvalue weighted by molar-refractivity contribution is 5.75. The highest BCUT2D eigenvalue weighted by atomic mass is 16.5. The molecule has 1 saturated heterocycles. The van der Waals surface area contributed by atoms with E-state index >= 15 is 0 Å². The minimum atomic E-state index is 0.0114. The van der Waals surface area contributed by atoms with Gasteiger partial charge in [0.25, 0.3) is 0 Å². The molecule has 2 amide bonds. The van der Waals surface area contributed by atoms with Crippen LogP contribution in [0.3, 0.4) is 0 Å². The third-order valence-electron chi connectivity index (χ3n) is 4.55. The van der Waals surface area contributed by atoms with Crippen LogP contribution in [0, 0.1) is 13.8 Å². The van der Waals surface area contributed by atoms with Crippen molar-refractivity contribution in [1.82, 2.24) is 15.1 Å². The van der Waals surface area contributed by atoms with Crippen molar-refractivity contribution in [2.45, 2.75) is 39.3 Å². The van der Waals surface area contributed by atoms with E-state index in [9.17, 15) is 4.79 Å². The van der Waals surface area contributed by atoms with Crippen LogP contribution in [0.2, 0.25) is 0 Å². The van der Waals surface area contributed by atoms with E-state index in [1.165, 1.54) is 0 Å². The molecular weight excluding hydrogens is 290 g/mol. The van der Waals surface area contributed by atoms with Gasteiger partial charge in [-0.25, -0.2) is 4.79 Å². The molecule has 0 saturated carbocycles. The van der Waals surface area contributed by atoms with Gasteiger partial charge in [-0.15, -0.1) is 0 Å². The van der Waals surface area contributed by atoms with Gasteiger partial charge < -0.3 is 19.9 Å². The molecular formula is C18H29N3O2. The fourth-order valence-electron chi connectivity index (χ4n) is 2.59. The van der Waals surface area contributed by atoms with Gasteiger partial charge in [-0.05, 0) is 52.4 Å². The smallest absolute Gasteiger partial charge is 0.317 e. The first-order chi connectivity index (χ1) is 10.9. The number of carbonyl (C=O) groups excluding carboxylic acids is 1. The number of hydrogen-bond donors (Lipinski definition) is 1. The van der Waals surface area contributed by atoms with Crippen LogP contribution in [0.25, 0.3) is 0 Å². The number of benzene rings is 1. The Morgan fingerprint density at radius 1 is 1.35 bits per heavy atom. The van der Waals surface area contributed by atoms with E-state index in [4.69, 9.17) is 4.74 Å². The fourth-order valence-corrected chi connectivity index (χ4v) is 2.59. The third kappa shape index (κ3) is 4.61. The van der Waals surface area contributed by atoms with Crippen LogP contribution in [-0.4, -0.2) is 61.7 Å². The average Bonchev–Trinajstić information content (AvgIpc) is 2.44. The van der Waals surface area contributed by atoms with Crippen LogP contribution in [0.15, 0.2) is 18.2 Å². The Morgan fingerprint density at radius 2 is 1.96 bits per heavy atom. The van der Waals surface area contributed by atoms with Crippen LogP contribution < -0.4 is 10.1 Å². The molecule has 0 aliphatic carbocycles. The maximum Gasteiger partial charge on any atom is 0.317 e. The second kappa shape index (κ2) is 7.68. The van der Waals surface area contributed by atoms with Gasteiger partial charge in [0, 0.05) is 12.6 Å². The number of ether oxygens (including phenoxy) is 1. The summed E-state index contributed by atoms with van der Waals surface area (Å²) in [5, 5.41) is 2.98. The largest absolute Gasteiger partial charge is 0.486 e. The van der Waals surface area contributed by atoms with E-state index in [1.807, 2.05) is 6.07 Å². The molecule has 0 radical (unpaired) electrons. The van der Waals surface area contributed by atoms with Crippen molar-refractivity contribution in [3.63, 3.8) is 0 Å². The first kappa shape index (κ1) is 17.6. The molecule has 23 heavy (non-hydrogen) atoms. The third-order valence-corrected chi connectivity index (χ3v) is 4.55. The zero-order chi connectivity index (χ0) is 17.0. The van der Waals surface area contributed by atoms with Crippen molar-refractivity contribution in [3.8, 4) is 5.75 Å². The van der Waals surface area contributed by atoms with Crippen LogP contribution >= 0.6 is 0 Å². The predicted molar refractivity (Wildman–Crippen MR) is 93.1 cm³/mol. The molecule has 1 fully saturated rings. The highest BCUT2D eigenvalue weighted by Gasteiger charge is 2.32. The molecule has 2 rings (SSSR count). The summed E-state index contributed by atoms with van der Waals surface area (Å²) in [6.45, 7) is 8.28. The Hall–Kier alpha value is -1.75. The molecule has 1 atom stereocenters. The predicted octanol–water partition coefficient (Wildman–Crippen LogP) is 2.42. The number of carbonyl (C=O) groups is 1. The van der Waals surface area contributed by atoms with Gasteiger partial charge in [0.15, 0.2) is 0 Å². The van der Waals surface area contributed by atoms with Gasteiger partial charge in [0.2, 0.25) is 0 Å². The van der Waals surface area contributed by atoms with Crippen molar-refractivity contribution in [3.05, 3.63) is 29.3 Å². The molecule has 1 aromatic carbocycles. The van der Waals surface area contributed by atoms with E-state index in [2.05, 4.69) is 57.2 Å². The van der Waals surface area contributed by atoms with Gasteiger partial charge in [-0.2, -0.15) is 0 Å². The van der Waals surface area contributed by atoms with Crippen LogP contribution in [0.5, 0.6) is 5.75 Å². The number of amides is 2. The normalized spacial score (nSPS) is 16.2. The molecule has 128 valence electrons. The van der Waals surface area contributed by atoms with Gasteiger partial charge >= 0.3 is 6.03 Å². The van der Waals surface area contributed by atoms with E-state index in [0.29, 0.717) is 25.7 Å². The Kier molecular flexibility index (Phi) is 5.88. The number of nitrogens with zero attached hydrogens (tertiary/aromatic N) is 2. The molecule has 0 aromatic heterocycles. The number of urea groups is 1. The summed E-state index contributed by atoms with van der Waals surface area (Å²) in [6.07, 6.45) is 1.05. The van der Waals surface area contributed by atoms with E-state index in [-0.39, 0.29) is 12.1 Å². The molecule has 5 nitrogen and oxygen atoms in total. The second-order valence-corrected chi connectivity index (χ2v) is 6.70. The van der Waals surface area contributed by atoms with Crippen LogP contribution in [0.1, 0.15) is 24.5 Å². The zero-order valence-corrected chi connectivity index (χ0v) is 14.9. The van der Waals surface area contributed by atoms with Gasteiger partial charge in [-0.1, -0.05) is 18.2 Å². The number of rotatable bonds is 6. The lowest BCUT2D eigenvalue weighted by molar-refractivity contribution is 0.0435. The highest BCUT2D eigenvalue weighted by Crippen LogP contribution is 2.25. The molecule has 1 N–H and O–H groups in total. The summed E-state index contributed by atoms with van der Waals surface area (Å²) < 4.78 is 6.04. The Morgan fingerprint density at radius 3 is 2.52 bits per heavy atom. The average molecular weight is 319 g/mol. The standard InChI is InChI=1S/C18H29N3O2/c1-13-7-6-8-14(2)17(13)23-16-11-21(12-16)18(22)19-10-9-15(3)20(4)5/h6-8,15-16H,9-12H2,1-5H3,(H,19,22)/t15-/m1/s1. The molecule has 0 bridgehead atoms. The van der Waals surface area contributed by atoms with Crippen molar-refractivity contribution < 1.29 is 9.53 Å². The summed E-state index contributed by atoms with van der Waals surface area (Å²) in [6, 6.07) is 6.62. The topological polar surface area (TPSA) is 44.8 Å². The summed E-state index contributed by atoms with van der Waals surface area (Å²) in [7, 11) is 4.11. The Labute approximate surface area is 139 Å². The minimum absolute atomic E-state index is 0.0114. The lowest BCUT2D eigenvalue weighted by Crippen LogP contribution is -2.59.